The van der Waals surface area contributed by atoms with Gasteiger partial charge in [-0.1, -0.05) is 24.3 Å². The summed E-state index contributed by atoms with van der Waals surface area (Å²) in [6, 6.07) is 14.6. The van der Waals surface area contributed by atoms with Gasteiger partial charge < -0.3 is 10.2 Å². The average Bonchev–Trinajstić information content (AvgIpc) is 3.01. The third-order valence-corrected chi connectivity index (χ3v) is 5.07. The molecule has 0 aliphatic carbocycles. The van der Waals surface area contributed by atoms with Crippen molar-refractivity contribution in [2.24, 2.45) is 0 Å². The molecule has 0 fully saturated rings. The molecule has 1 aromatic heterocycles. The summed E-state index contributed by atoms with van der Waals surface area (Å²) in [4.78, 5) is 31.4. The predicted molar refractivity (Wildman–Crippen MR) is 106 cm³/mol. The zero-order valence-corrected chi connectivity index (χ0v) is 16.0. The van der Waals surface area contributed by atoms with Crippen LogP contribution in [-0.2, 0) is 17.9 Å². The highest BCUT2D eigenvalue weighted by Crippen LogP contribution is 2.35. The molecule has 1 aliphatic heterocycles. The number of rotatable bonds is 6. The molecule has 1 N–H and O–H groups in total. The Labute approximate surface area is 172 Å². The number of hydrogen-bond acceptors (Lipinski definition) is 3. The number of pyridine rings is 1. The first-order chi connectivity index (χ1) is 14.5. The number of nitrogens with zero attached hydrogens (tertiary/aromatic N) is 2. The van der Waals surface area contributed by atoms with Crippen LogP contribution >= 0.6 is 0 Å². The maximum absolute atomic E-state index is 13.2. The number of amides is 2. The fourth-order valence-corrected chi connectivity index (χ4v) is 3.53. The summed E-state index contributed by atoms with van der Waals surface area (Å²) >= 11 is 0. The first-order valence-electron chi connectivity index (χ1n) is 9.53. The molecule has 3 aromatic rings. The summed E-state index contributed by atoms with van der Waals surface area (Å²) in [5.74, 6) is -1.15. The van der Waals surface area contributed by atoms with E-state index < -0.39 is 6.04 Å². The van der Waals surface area contributed by atoms with E-state index in [0.717, 1.165) is 11.1 Å². The molecule has 0 spiro atoms. The number of benzene rings is 2. The minimum Gasteiger partial charge on any atom is -0.352 e. The molecule has 1 unspecified atom stereocenters. The smallest absolute Gasteiger partial charge is 0.256 e. The zero-order chi connectivity index (χ0) is 21.1. The van der Waals surface area contributed by atoms with Gasteiger partial charge in [0.1, 0.15) is 11.6 Å². The van der Waals surface area contributed by atoms with Gasteiger partial charge in [0, 0.05) is 19.3 Å². The molecular weight excluding hydrogens is 388 g/mol. The van der Waals surface area contributed by atoms with E-state index in [2.05, 4.69) is 10.3 Å². The molecule has 2 aromatic carbocycles. The highest BCUT2D eigenvalue weighted by atomic mass is 19.1. The van der Waals surface area contributed by atoms with Crippen molar-refractivity contribution in [2.45, 2.75) is 25.6 Å². The van der Waals surface area contributed by atoms with Crippen LogP contribution in [0.5, 0.6) is 0 Å². The van der Waals surface area contributed by atoms with Crippen molar-refractivity contribution in [2.75, 3.05) is 0 Å². The third-order valence-electron chi connectivity index (χ3n) is 5.07. The minimum atomic E-state index is -0.521. The predicted octanol–water partition coefficient (Wildman–Crippen LogP) is 3.76. The molecule has 0 saturated carbocycles. The Morgan fingerprint density at radius 1 is 0.967 bits per heavy atom. The molecule has 2 amide bonds. The van der Waals surface area contributed by atoms with Crippen molar-refractivity contribution in [3.05, 3.63) is 101 Å². The first kappa shape index (κ1) is 19.7. The molecule has 152 valence electrons. The van der Waals surface area contributed by atoms with Gasteiger partial charge >= 0.3 is 0 Å². The number of aromatic nitrogens is 1. The molecule has 1 aliphatic rings. The van der Waals surface area contributed by atoms with Crippen LogP contribution in [-0.4, -0.2) is 21.7 Å². The molecule has 0 radical (unpaired) electrons. The van der Waals surface area contributed by atoms with E-state index in [0.29, 0.717) is 11.3 Å². The number of carbonyl (C=O) groups excluding carboxylic acids is 2. The average molecular weight is 407 g/mol. The van der Waals surface area contributed by atoms with Crippen LogP contribution in [0.1, 0.15) is 39.6 Å². The summed E-state index contributed by atoms with van der Waals surface area (Å²) in [6.45, 7) is 0.498. The lowest BCUT2D eigenvalue weighted by atomic mass is 10.1. The highest BCUT2D eigenvalue weighted by molar-refractivity contribution is 5.99. The second-order valence-corrected chi connectivity index (χ2v) is 7.12. The minimum absolute atomic E-state index is 0.0398. The van der Waals surface area contributed by atoms with Gasteiger partial charge in [-0.25, -0.2) is 8.78 Å². The van der Waals surface area contributed by atoms with E-state index in [1.54, 1.807) is 47.5 Å². The number of carbonyl (C=O) groups is 2. The van der Waals surface area contributed by atoms with Gasteiger partial charge in [0.25, 0.3) is 5.91 Å². The quantitative estimate of drug-likeness (QED) is 0.677. The Kier molecular flexibility index (Phi) is 5.52. The third kappa shape index (κ3) is 4.20. The fraction of sp³-hybridized carbons (Fsp3) is 0.174. The molecule has 4 rings (SSSR count). The Balaban J connectivity index is 1.50. The van der Waals surface area contributed by atoms with Crippen LogP contribution in [0.4, 0.5) is 8.78 Å². The number of fused-ring (bicyclic) bond motifs is 1. The fourth-order valence-electron chi connectivity index (χ4n) is 3.53. The van der Waals surface area contributed by atoms with E-state index in [1.807, 2.05) is 0 Å². The first-order valence-corrected chi connectivity index (χ1v) is 9.53. The van der Waals surface area contributed by atoms with Crippen molar-refractivity contribution < 1.29 is 18.4 Å². The van der Waals surface area contributed by atoms with Gasteiger partial charge in [-0.3, -0.25) is 14.6 Å². The van der Waals surface area contributed by atoms with Crippen molar-refractivity contribution in [1.82, 2.24) is 15.2 Å². The van der Waals surface area contributed by atoms with Crippen molar-refractivity contribution in [3.63, 3.8) is 0 Å². The van der Waals surface area contributed by atoms with Crippen LogP contribution in [0, 0.1) is 11.6 Å². The number of halogens is 2. The van der Waals surface area contributed by atoms with E-state index in [-0.39, 0.29) is 43.0 Å². The van der Waals surface area contributed by atoms with E-state index in [4.69, 9.17) is 0 Å². The monoisotopic (exact) mass is 407 g/mol. The van der Waals surface area contributed by atoms with E-state index >= 15 is 0 Å². The number of hydrogen-bond donors (Lipinski definition) is 1. The van der Waals surface area contributed by atoms with Crippen LogP contribution in [0.2, 0.25) is 0 Å². The molecular formula is C23H19F2N3O2. The van der Waals surface area contributed by atoms with Gasteiger partial charge in [0.15, 0.2) is 0 Å². The molecule has 2 heterocycles. The molecule has 7 heteroatoms. The Morgan fingerprint density at radius 3 is 2.27 bits per heavy atom. The summed E-state index contributed by atoms with van der Waals surface area (Å²) in [5, 5.41) is 2.81. The molecule has 0 bridgehead atoms. The van der Waals surface area contributed by atoms with Crippen LogP contribution in [0.15, 0.2) is 66.9 Å². The van der Waals surface area contributed by atoms with Gasteiger partial charge in [-0.15, -0.1) is 0 Å². The van der Waals surface area contributed by atoms with Crippen molar-refractivity contribution in [1.29, 1.82) is 0 Å². The Morgan fingerprint density at radius 2 is 1.60 bits per heavy atom. The van der Waals surface area contributed by atoms with Gasteiger partial charge in [-0.05, 0) is 47.5 Å². The zero-order valence-electron chi connectivity index (χ0n) is 16.0. The van der Waals surface area contributed by atoms with Gasteiger partial charge in [0.05, 0.1) is 23.7 Å². The van der Waals surface area contributed by atoms with Crippen LogP contribution in [0.25, 0.3) is 0 Å². The van der Waals surface area contributed by atoms with Crippen molar-refractivity contribution in [3.8, 4) is 0 Å². The molecule has 30 heavy (non-hydrogen) atoms. The summed E-state index contributed by atoms with van der Waals surface area (Å²) < 4.78 is 26.2. The topological polar surface area (TPSA) is 62.3 Å². The summed E-state index contributed by atoms with van der Waals surface area (Å²) in [5.41, 5.74) is 2.56. The van der Waals surface area contributed by atoms with Crippen LogP contribution < -0.4 is 5.32 Å². The summed E-state index contributed by atoms with van der Waals surface area (Å²) in [6.07, 6.45) is 1.63. The van der Waals surface area contributed by atoms with E-state index in [1.165, 1.54) is 24.3 Å². The Hall–Kier alpha value is -3.61. The maximum Gasteiger partial charge on any atom is 0.256 e. The van der Waals surface area contributed by atoms with Gasteiger partial charge in [-0.2, -0.15) is 0 Å². The van der Waals surface area contributed by atoms with Crippen LogP contribution in [0.3, 0.4) is 0 Å². The summed E-state index contributed by atoms with van der Waals surface area (Å²) in [7, 11) is 0. The van der Waals surface area contributed by atoms with E-state index in [9.17, 15) is 18.4 Å². The lowest BCUT2D eigenvalue weighted by molar-refractivity contribution is -0.122. The molecule has 5 nitrogen and oxygen atoms in total. The normalized spacial score (nSPS) is 15.2. The highest BCUT2D eigenvalue weighted by Gasteiger charge is 2.38. The van der Waals surface area contributed by atoms with Gasteiger partial charge in [0.2, 0.25) is 5.91 Å². The van der Waals surface area contributed by atoms with Crippen molar-refractivity contribution >= 4 is 11.8 Å². The Bertz CT molecular complexity index is 1070. The second-order valence-electron chi connectivity index (χ2n) is 7.12. The molecule has 0 saturated heterocycles. The standard InChI is InChI=1S/C23H19F2N3O2/c24-17-7-3-15(4-8-17)13-27-21(29)12-20-22-19(2-1-11-26-22)23(30)28(20)14-16-5-9-18(25)10-6-16/h1-11,20H,12-14H2,(H,27,29). The maximum atomic E-state index is 13.2. The lowest BCUT2D eigenvalue weighted by Gasteiger charge is -2.24. The SMILES string of the molecule is O=C(CC1c2ncccc2C(=O)N1Cc1ccc(F)cc1)NCc1ccc(F)cc1. The largest absolute Gasteiger partial charge is 0.352 e. The number of nitrogens with one attached hydrogen (secondary N) is 1. The second kappa shape index (κ2) is 8.41. The molecule has 1 atom stereocenters. The lowest BCUT2D eigenvalue weighted by Crippen LogP contribution is -2.32.